The lowest BCUT2D eigenvalue weighted by Crippen LogP contribution is -2.29. The van der Waals surface area contributed by atoms with Gasteiger partial charge in [0.1, 0.15) is 0 Å². The fraction of sp³-hybridized carbons (Fsp3) is 0.105. The van der Waals surface area contributed by atoms with Gasteiger partial charge in [-0.05, 0) is 13.0 Å². The number of carbonyl (C=O) groups excluding carboxylic acids is 1. The average Bonchev–Trinajstić information content (AvgIpc) is 3.37. The van der Waals surface area contributed by atoms with Crippen LogP contribution in [0.1, 0.15) is 6.92 Å². The van der Waals surface area contributed by atoms with E-state index in [0.717, 1.165) is 16.3 Å². The van der Waals surface area contributed by atoms with E-state index in [1.54, 1.807) is 30.5 Å². The van der Waals surface area contributed by atoms with E-state index in [-0.39, 0.29) is 22.2 Å². The molecule has 0 fully saturated rings. The Kier molecular flexibility index (Phi) is 5.47. The minimum absolute atomic E-state index is 0.0266. The van der Waals surface area contributed by atoms with Crippen molar-refractivity contribution >= 4 is 45.1 Å². The standard InChI is InChI=1S/C19H13N7O5S/c1-11-17(22-21-14-7-2-3-8-16(14)26(30)31)18(27)24(23-11)19-20-15(10-32-19)12-5-4-6-13(9-12)25(28)29/h2-10,17H,1H3/t17-/m1/s1. The van der Waals surface area contributed by atoms with Gasteiger partial charge >= 0.3 is 0 Å². The third-order valence-electron chi connectivity index (χ3n) is 4.48. The summed E-state index contributed by atoms with van der Waals surface area (Å²) < 4.78 is 0. The lowest BCUT2D eigenvalue weighted by Gasteiger charge is -2.08. The minimum atomic E-state index is -1.04. The number of azo groups is 1. The van der Waals surface area contributed by atoms with Gasteiger partial charge in [0.15, 0.2) is 11.7 Å². The molecule has 0 spiro atoms. The summed E-state index contributed by atoms with van der Waals surface area (Å²) in [5, 5.41) is 37.2. The first-order valence-corrected chi connectivity index (χ1v) is 9.97. The maximum absolute atomic E-state index is 12.8. The zero-order chi connectivity index (χ0) is 22.8. The van der Waals surface area contributed by atoms with Crippen LogP contribution in [-0.2, 0) is 4.79 Å². The second-order valence-electron chi connectivity index (χ2n) is 6.58. The molecule has 1 aliphatic heterocycles. The number of hydrazone groups is 1. The Bertz CT molecular complexity index is 1300. The first-order chi connectivity index (χ1) is 15.3. The van der Waals surface area contributed by atoms with Crippen LogP contribution in [-0.4, -0.2) is 32.5 Å². The second-order valence-corrected chi connectivity index (χ2v) is 7.41. The summed E-state index contributed by atoms with van der Waals surface area (Å²) in [6.07, 6.45) is 0. The SMILES string of the molecule is CC1=NN(c2nc(-c3cccc([N+](=O)[O-])c3)cs2)C(=O)[C@@H]1N=Nc1ccccc1[N+](=O)[O-]. The van der Waals surface area contributed by atoms with Crippen LogP contribution in [0.5, 0.6) is 0 Å². The molecular formula is C19H13N7O5S. The zero-order valence-electron chi connectivity index (χ0n) is 16.4. The maximum atomic E-state index is 12.8. The molecule has 1 aliphatic rings. The highest BCUT2D eigenvalue weighted by atomic mass is 32.1. The van der Waals surface area contributed by atoms with Crippen molar-refractivity contribution in [3.05, 3.63) is 74.1 Å². The molecular weight excluding hydrogens is 438 g/mol. The molecule has 12 nitrogen and oxygen atoms in total. The van der Waals surface area contributed by atoms with Crippen molar-refractivity contribution in [2.45, 2.75) is 13.0 Å². The molecule has 1 atom stereocenters. The first kappa shape index (κ1) is 20.9. The maximum Gasteiger partial charge on any atom is 0.296 e. The van der Waals surface area contributed by atoms with Gasteiger partial charge in [0, 0.05) is 29.1 Å². The highest BCUT2D eigenvalue weighted by molar-refractivity contribution is 7.14. The Hall–Kier alpha value is -4.39. The number of nitro groups is 2. The van der Waals surface area contributed by atoms with Gasteiger partial charge in [0.25, 0.3) is 17.3 Å². The number of amides is 1. The molecule has 13 heteroatoms. The largest absolute Gasteiger partial charge is 0.296 e. The molecule has 3 aromatic rings. The Balaban J connectivity index is 1.57. The summed E-state index contributed by atoms with van der Waals surface area (Å²) in [5.41, 5.74) is 1.07. The molecule has 0 saturated heterocycles. The molecule has 0 aliphatic carbocycles. The van der Waals surface area contributed by atoms with Crippen molar-refractivity contribution in [2.24, 2.45) is 15.3 Å². The topological polar surface area (TPSA) is 157 Å². The lowest BCUT2D eigenvalue weighted by molar-refractivity contribution is -0.384. The third-order valence-corrected chi connectivity index (χ3v) is 5.30. The van der Waals surface area contributed by atoms with Crippen molar-refractivity contribution in [3.8, 4) is 11.3 Å². The third kappa shape index (κ3) is 3.96. The van der Waals surface area contributed by atoms with Gasteiger partial charge < -0.3 is 0 Å². The quantitative estimate of drug-likeness (QED) is 0.305. The molecule has 2 aromatic carbocycles. The summed E-state index contributed by atoms with van der Waals surface area (Å²) >= 11 is 1.14. The number of nitro benzene ring substituents is 2. The molecule has 0 unspecified atom stereocenters. The Morgan fingerprint density at radius 3 is 2.62 bits per heavy atom. The van der Waals surface area contributed by atoms with Crippen LogP contribution in [0, 0.1) is 20.2 Å². The van der Waals surface area contributed by atoms with Gasteiger partial charge in [-0.15, -0.1) is 16.5 Å². The summed E-state index contributed by atoms with van der Waals surface area (Å²) in [6.45, 7) is 1.59. The van der Waals surface area contributed by atoms with Crippen LogP contribution in [0.3, 0.4) is 0 Å². The van der Waals surface area contributed by atoms with Crippen LogP contribution in [0.25, 0.3) is 11.3 Å². The number of hydrogen-bond donors (Lipinski definition) is 0. The molecule has 4 rings (SSSR count). The van der Waals surface area contributed by atoms with E-state index in [0.29, 0.717) is 17.0 Å². The van der Waals surface area contributed by atoms with Crippen molar-refractivity contribution in [1.29, 1.82) is 0 Å². The van der Waals surface area contributed by atoms with Gasteiger partial charge in [0.2, 0.25) is 5.13 Å². The summed E-state index contributed by atoms with van der Waals surface area (Å²) in [6, 6.07) is 10.8. The number of para-hydroxylation sites is 1. The number of non-ortho nitro benzene ring substituents is 1. The fourth-order valence-corrected chi connectivity index (χ4v) is 3.71. The number of hydrogen-bond acceptors (Lipinski definition) is 10. The molecule has 0 bridgehead atoms. The van der Waals surface area contributed by atoms with Gasteiger partial charge in [0.05, 0.1) is 21.3 Å². The van der Waals surface area contributed by atoms with Gasteiger partial charge in [-0.3, -0.25) is 25.0 Å². The molecule has 1 aromatic heterocycles. The summed E-state index contributed by atoms with van der Waals surface area (Å²) in [5.74, 6) is -0.509. The Morgan fingerprint density at radius 2 is 1.88 bits per heavy atom. The molecule has 0 radical (unpaired) electrons. The van der Waals surface area contributed by atoms with E-state index in [1.165, 1.54) is 30.3 Å². The van der Waals surface area contributed by atoms with Gasteiger partial charge in [-0.2, -0.15) is 15.2 Å². The van der Waals surface area contributed by atoms with Gasteiger partial charge in [-0.25, -0.2) is 4.98 Å². The second kappa shape index (κ2) is 8.39. The van der Waals surface area contributed by atoms with E-state index in [9.17, 15) is 25.0 Å². The van der Waals surface area contributed by atoms with E-state index >= 15 is 0 Å². The molecule has 32 heavy (non-hydrogen) atoms. The van der Waals surface area contributed by atoms with Crippen LogP contribution < -0.4 is 5.01 Å². The lowest BCUT2D eigenvalue weighted by atomic mass is 10.1. The van der Waals surface area contributed by atoms with E-state index < -0.39 is 21.8 Å². The van der Waals surface area contributed by atoms with Gasteiger partial charge in [-0.1, -0.05) is 24.3 Å². The van der Waals surface area contributed by atoms with Crippen molar-refractivity contribution in [3.63, 3.8) is 0 Å². The molecule has 2 heterocycles. The predicted molar refractivity (Wildman–Crippen MR) is 116 cm³/mol. The summed E-state index contributed by atoms with van der Waals surface area (Å²) in [4.78, 5) is 38.3. The fourth-order valence-electron chi connectivity index (χ4n) is 2.92. The number of thiazole rings is 1. The highest BCUT2D eigenvalue weighted by Gasteiger charge is 2.36. The summed E-state index contributed by atoms with van der Waals surface area (Å²) in [7, 11) is 0. The predicted octanol–water partition coefficient (Wildman–Crippen LogP) is 4.50. The van der Waals surface area contributed by atoms with E-state index in [2.05, 4.69) is 20.3 Å². The number of carbonyl (C=O) groups is 1. The van der Waals surface area contributed by atoms with Crippen LogP contribution in [0.4, 0.5) is 22.2 Å². The highest BCUT2D eigenvalue weighted by Crippen LogP contribution is 2.32. The normalized spacial score (nSPS) is 15.9. The number of rotatable bonds is 6. The Morgan fingerprint density at radius 1 is 1.09 bits per heavy atom. The molecule has 160 valence electrons. The number of anilines is 1. The van der Waals surface area contributed by atoms with E-state index in [1.807, 2.05) is 0 Å². The number of aromatic nitrogens is 1. The van der Waals surface area contributed by atoms with Crippen molar-refractivity contribution < 1.29 is 14.6 Å². The average molecular weight is 451 g/mol. The van der Waals surface area contributed by atoms with E-state index in [4.69, 9.17) is 0 Å². The molecule has 1 amide bonds. The molecule has 0 N–H and O–H groups in total. The van der Waals surface area contributed by atoms with Crippen LogP contribution in [0.2, 0.25) is 0 Å². The van der Waals surface area contributed by atoms with Crippen molar-refractivity contribution in [2.75, 3.05) is 5.01 Å². The monoisotopic (exact) mass is 451 g/mol. The van der Waals surface area contributed by atoms with Crippen LogP contribution >= 0.6 is 11.3 Å². The van der Waals surface area contributed by atoms with Crippen molar-refractivity contribution in [1.82, 2.24) is 4.98 Å². The van der Waals surface area contributed by atoms with Crippen LogP contribution in [0.15, 0.2) is 69.2 Å². The minimum Gasteiger partial charge on any atom is -0.269 e. The first-order valence-electron chi connectivity index (χ1n) is 9.09. The smallest absolute Gasteiger partial charge is 0.269 e. The number of nitrogens with zero attached hydrogens (tertiary/aromatic N) is 7. The molecule has 0 saturated carbocycles. The number of benzene rings is 2. The Labute approximate surface area is 183 Å². The zero-order valence-corrected chi connectivity index (χ0v) is 17.2.